The number of hydrogen-bond donors (Lipinski definition) is 0. The van der Waals surface area contributed by atoms with Gasteiger partial charge in [0.25, 0.3) is 0 Å². The van der Waals surface area contributed by atoms with Gasteiger partial charge in [0.1, 0.15) is 12.4 Å². The molecule has 2 aromatic heterocycles. The van der Waals surface area contributed by atoms with Crippen LogP contribution in [-0.4, -0.2) is 25.2 Å². The molecule has 1 fully saturated rings. The van der Waals surface area contributed by atoms with Gasteiger partial charge in [-0.25, -0.2) is 4.68 Å². The molecule has 1 atom stereocenters. The third kappa shape index (κ3) is 4.51. The third-order valence-electron chi connectivity index (χ3n) is 6.55. The van der Waals surface area contributed by atoms with Gasteiger partial charge in [0.05, 0.1) is 11.7 Å². The monoisotopic (exact) mass is 439 g/mol. The van der Waals surface area contributed by atoms with E-state index in [4.69, 9.17) is 4.74 Å². The van der Waals surface area contributed by atoms with Crippen molar-refractivity contribution in [2.24, 2.45) is 5.41 Å². The van der Waals surface area contributed by atoms with Gasteiger partial charge in [0, 0.05) is 17.7 Å². The summed E-state index contributed by atoms with van der Waals surface area (Å²) >= 11 is 0. The van der Waals surface area contributed by atoms with Crippen LogP contribution in [0.5, 0.6) is 5.75 Å². The van der Waals surface area contributed by atoms with Gasteiger partial charge >= 0.3 is 0 Å². The van der Waals surface area contributed by atoms with E-state index in [-0.39, 0.29) is 11.5 Å². The predicted octanol–water partition coefficient (Wildman–Crippen LogP) is 5.83. The van der Waals surface area contributed by atoms with Crippen molar-refractivity contribution in [3.05, 3.63) is 89.7 Å². The van der Waals surface area contributed by atoms with E-state index in [9.17, 15) is 0 Å². The van der Waals surface area contributed by atoms with Gasteiger partial charge in [-0.1, -0.05) is 49.4 Å². The highest BCUT2D eigenvalue weighted by Crippen LogP contribution is 2.58. The first-order chi connectivity index (χ1) is 16.0. The van der Waals surface area contributed by atoms with Crippen LogP contribution in [0.3, 0.4) is 0 Å². The number of ether oxygens (including phenoxy) is 1. The van der Waals surface area contributed by atoms with Gasteiger partial charge in [-0.05, 0) is 77.9 Å². The Kier molecular flexibility index (Phi) is 5.67. The highest BCUT2D eigenvalue weighted by molar-refractivity contribution is 5.56. The maximum Gasteiger partial charge on any atom is 0.182 e. The standard InChI is InChI=1S/C27H29N5O/c1-19(2)32-26(29-30-31-32)22-9-7-20(8-10-22)25(27(3)15-16-27)21-11-13-24(14-12-21)33-18-23-6-4-5-17-28-23/h4-14,17,19,25H,15-16,18H2,1-3H3. The van der Waals surface area contributed by atoms with Gasteiger partial charge in [-0.2, -0.15) is 0 Å². The third-order valence-corrected chi connectivity index (χ3v) is 6.55. The highest BCUT2D eigenvalue weighted by atomic mass is 16.5. The largest absolute Gasteiger partial charge is 0.487 e. The van der Waals surface area contributed by atoms with E-state index in [0.29, 0.717) is 12.5 Å². The summed E-state index contributed by atoms with van der Waals surface area (Å²) in [7, 11) is 0. The van der Waals surface area contributed by atoms with E-state index in [0.717, 1.165) is 22.8 Å². The van der Waals surface area contributed by atoms with Crippen molar-refractivity contribution in [1.82, 2.24) is 25.2 Å². The number of tetrazole rings is 1. The second-order valence-electron chi connectivity index (χ2n) is 9.43. The van der Waals surface area contributed by atoms with Crippen LogP contribution >= 0.6 is 0 Å². The second-order valence-corrected chi connectivity index (χ2v) is 9.43. The topological polar surface area (TPSA) is 65.7 Å². The van der Waals surface area contributed by atoms with Crippen molar-refractivity contribution >= 4 is 0 Å². The summed E-state index contributed by atoms with van der Waals surface area (Å²) in [5.74, 6) is 2.01. The van der Waals surface area contributed by atoms with Gasteiger partial charge in [-0.3, -0.25) is 4.98 Å². The molecule has 168 valence electrons. The minimum atomic E-state index is 0.214. The lowest BCUT2D eigenvalue weighted by Crippen LogP contribution is -2.12. The lowest BCUT2D eigenvalue weighted by atomic mass is 9.79. The summed E-state index contributed by atoms with van der Waals surface area (Å²) in [5.41, 5.74) is 4.89. The summed E-state index contributed by atoms with van der Waals surface area (Å²) in [6, 6.07) is 23.4. The smallest absolute Gasteiger partial charge is 0.182 e. The van der Waals surface area contributed by atoms with Crippen LogP contribution < -0.4 is 4.74 Å². The van der Waals surface area contributed by atoms with Crippen molar-refractivity contribution < 1.29 is 4.74 Å². The lowest BCUT2D eigenvalue weighted by molar-refractivity contribution is 0.301. The number of hydrogen-bond acceptors (Lipinski definition) is 5. The van der Waals surface area contributed by atoms with Crippen molar-refractivity contribution in [1.29, 1.82) is 0 Å². The Morgan fingerprint density at radius 3 is 2.24 bits per heavy atom. The fourth-order valence-corrected chi connectivity index (χ4v) is 4.44. The molecule has 0 aliphatic heterocycles. The maximum atomic E-state index is 5.94. The molecular weight excluding hydrogens is 410 g/mol. The molecule has 2 aromatic carbocycles. The number of nitrogens with zero attached hydrogens (tertiary/aromatic N) is 5. The first-order valence-electron chi connectivity index (χ1n) is 11.5. The Balaban J connectivity index is 1.36. The molecule has 1 aliphatic rings. The summed E-state index contributed by atoms with van der Waals surface area (Å²) in [6.07, 6.45) is 4.27. The summed E-state index contributed by atoms with van der Waals surface area (Å²) in [5, 5.41) is 12.2. The first kappa shape index (κ1) is 21.3. The van der Waals surface area contributed by atoms with Crippen LogP contribution in [0.4, 0.5) is 0 Å². The minimum absolute atomic E-state index is 0.214. The van der Waals surface area contributed by atoms with Gasteiger partial charge in [0.15, 0.2) is 5.82 Å². The zero-order valence-corrected chi connectivity index (χ0v) is 19.3. The van der Waals surface area contributed by atoms with Gasteiger partial charge in [0.2, 0.25) is 0 Å². The molecule has 0 radical (unpaired) electrons. The number of benzene rings is 2. The van der Waals surface area contributed by atoms with Crippen LogP contribution in [0.2, 0.25) is 0 Å². The van der Waals surface area contributed by atoms with E-state index in [1.807, 2.05) is 22.9 Å². The molecule has 0 saturated heterocycles. The number of pyridine rings is 1. The Hall–Kier alpha value is -3.54. The Morgan fingerprint density at radius 2 is 1.64 bits per heavy atom. The van der Waals surface area contributed by atoms with Gasteiger partial charge in [-0.15, -0.1) is 5.10 Å². The fourth-order valence-electron chi connectivity index (χ4n) is 4.44. The Labute approximate surface area is 194 Å². The van der Waals surface area contributed by atoms with Crippen molar-refractivity contribution in [2.75, 3.05) is 0 Å². The van der Waals surface area contributed by atoms with Crippen molar-refractivity contribution in [3.8, 4) is 17.1 Å². The summed E-state index contributed by atoms with van der Waals surface area (Å²) in [6.45, 7) is 7.03. The van der Waals surface area contributed by atoms with Crippen LogP contribution in [0.1, 0.15) is 62.4 Å². The van der Waals surface area contributed by atoms with E-state index >= 15 is 0 Å². The van der Waals surface area contributed by atoms with Gasteiger partial charge < -0.3 is 4.74 Å². The first-order valence-corrected chi connectivity index (χ1v) is 11.5. The molecule has 1 saturated carbocycles. The second kappa shape index (κ2) is 8.77. The zero-order valence-electron chi connectivity index (χ0n) is 19.3. The fraction of sp³-hybridized carbons (Fsp3) is 0.333. The predicted molar refractivity (Wildman–Crippen MR) is 128 cm³/mol. The molecule has 0 bridgehead atoms. The van der Waals surface area contributed by atoms with E-state index in [1.165, 1.54) is 24.0 Å². The Morgan fingerprint density at radius 1 is 0.939 bits per heavy atom. The SMILES string of the molecule is CC(C)n1nnnc1-c1ccc(C(c2ccc(OCc3ccccn3)cc2)C2(C)CC2)cc1. The quantitative estimate of drug-likeness (QED) is 0.346. The lowest BCUT2D eigenvalue weighted by Gasteiger charge is -2.25. The van der Waals surface area contributed by atoms with Crippen LogP contribution in [-0.2, 0) is 6.61 Å². The van der Waals surface area contributed by atoms with Crippen LogP contribution in [0, 0.1) is 5.41 Å². The molecule has 5 rings (SSSR count). The molecule has 6 nitrogen and oxygen atoms in total. The summed E-state index contributed by atoms with van der Waals surface area (Å²) in [4.78, 5) is 4.32. The van der Waals surface area contributed by atoms with E-state index in [1.54, 1.807) is 6.20 Å². The summed E-state index contributed by atoms with van der Waals surface area (Å²) < 4.78 is 7.80. The zero-order chi connectivity index (χ0) is 22.8. The molecule has 0 spiro atoms. The Bertz CT molecular complexity index is 1200. The maximum absolute atomic E-state index is 5.94. The molecule has 1 unspecified atom stereocenters. The number of rotatable bonds is 8. The normalized spacial score (nSPS) is 15.4. The molecule has 1 aliphatic carbocycles. The molecule has 0 amide bonds. The molecule has 0 N–H and O–H groups in total. The van der Waals surface area contributed by atoms with Crippen molar-refractivity contribution in [2.45, 2.75) is 52.2 Å². The molecule has 33 heavy (non-hydrogen) atoms. The number of aromatic nitrogens is 5. The molecule has 4 aromatic rings. The van der Waals surface area contributed by atoms with E-state index < -0.39 is 0 Å². The van der Waals surface area contributed by atoms with Crippen LogP contribution in [0.25, 0.3) is 11.4 Å². The molecular formula is C27H29N5O. The molecule has 6 heteroatoms. The minimum Gasteiger partial charge on any atom is -0.487 e. The average Bonchev–Trinajstić information content (AvgIpc) is 3.38. The molecule has 2 heterocycles. The average molecular weight is 440 g/mol. The van der Waals surface area contributed by atoms with Crippen molar-refractivity contribution in [3.63, 3.8) is 0 Å². The van der Waals surface area contributed by atoms with E-state index in [2.05, 4.69) is 89.8 Å². The van der Waals surface area contributed by atoms with Crippen LogP contribution in [0.15, 0.2) is 72.9 Å². The highest BCUT2D eigenvalue weighted by Gasteiger charge is 2.46.